The number of hydrogen-bond donors (Lipinski definition) is 4. The Balaban J connectivity index is 1.23. The quantitative estimate of drug-likeness (QED) is 0.0177. The third-order valence-electron chi connectivity index (χ3n) is 15.5. The first-order chi connectivity index (χ1) is 43.1. The number of likely N-dealkylation sites (N-methyl/N-ethyl adjacent to an activating group) is 1. The van der Waals surface area contributed by atoms with Crippen LogP contribution >= 0.6 is 0 Å². The Morgan fingerprint density at radius 1 is 0.478 bits per heavy atom. The maximum atomic E-state index is 14.8. The molecular formula is C72H88N4O12Si2. The molecule has 4 atom stereocenters. The van der Waals surface area contributed by atoms with Crippen molar-refractivity contribution < 1.29 is 56.8 Å². The summed E-state index contributed by atoms with van der Waals surface area (Å²) in [6.45, 7) is 17.8. The number of benzene rings is 7. The molecule has 0 aliphatic carbocycles. The van der Waals surface area contributed by atoms with Crippen molar-refractivity contribution in [1.82, 2.24) is 21.3 Å². The Labute approximate surface area is 532 Å². The fraction of sp³-hybridized carbons (Fsp3) is 0.347. The third kappa shape index (κ3) is 23.1. The number of amides is 3. The topological polar surface area (TPSA) is 198 Å². The van der Waals surface area contributed by atoms with Gasteiger partial charge in [-0.1, -0.05) is 204 Å². The van der Waals surface area contributed by atoms with E-state index in [1.807, 2.05) is 188 Å². The van der Waals surface area contributed by atoms with Gasteiger partial charge in [0.1, 0.15) is 56.6 Å². The van der Waals surface area contributed by atoms with Crippen LogP contribution in [0.5, 0.6) is 11.5 Å². The highest BCUT2D eigenvalue weighted by atomic mass is 28.4. The first-order valence-electron chi connectivity index (χ1n) is 30.6. The second kappa shape index (κ2) is 33.9. The first kappa shape index (κ1) is 68.9. The normalized spacial score (nSPS) is 12.9. The Morgan fingerprint density at radius 3 is 1.49 bits per heavy atom. The van der Waals surface area contributed by atoms with Crippen LogP contribution in [0.3, 0.4) is 0 Å². The fourth-order valence-electron chi connectivity index (χ4n) is 9.33. The Morgan fingerprint density at radius 2 is 0.967 bits per heavy atom. The Bertz CT molecular complexity index is 3390. The van der Waals surface area contributed by atoms with E-state index in [0.29, 0.717) is 33.8 Å². The van der Waals surface area contributed by atoms with E-state index in [0.717, 1.165) is 33.9 Å². The largest absolute Gasteiger partial charge is 0.489 e. The monoisotopic (exact) mass is 1260 g/mol. The van der Waals surface area contributed by atoms with Gasteiger partial charge in [0.05, 0.1) is 18.8 Å². The lowest BCUT2D eigenvalue weighted by Crippen LogP contribution is -2.54. The molecule has 0 heterocycles. The molecule has 0 aromatic heterocycles. The van der Waals surface area contributed by atoms with Crippen LogP contribution in [0.4, 0.5) is 9.59 Å². The minimum absolute atomic E-state index is 0.0124. The maximum absolute atomic E-state index is 14.8. The van der Waals surface area contributed by atoms with E-state index in [9.17, 15) is 24.0 Å². The SMILES string of the molecule is CN[C@@H](C[C@H](CNC(=O)OCc1ccccc1)O[Si](C)(C)C(C)(C)C)C(=O)N[C@@H](Cc1cc(OCc2ccccc2)cc(-c2ccc(OCc3ccccc3)c(C[C@H](NC(=O)OCc3ccccc3)C(=O)OCC[Si](C)(C)C)c2)c1)C(=O)OCc1ccccc1. The van der Waals surface area contributed by atoms with E-state index in [1.54, 1.807) is 7.05 Å². The summed E-state index contributed by atoms with van der Waals surface area (Å²) in [7, 11) is -2.45. The van der Waals surface area contributed by atoms with E-state index < -0.39 is 70.7 Å². The lowest BCUT2D eigenvalue weighted by Gasteiger charge is -2.40. The van der Waals surface area contributed by atoms with Crippen molar-refractivity contribution in [1.29, 1.82) is 0 Å². The fourth-order valence-corrected chi connectivity index (χ4v) is 11.4. The van der Waals surface area contributed by atoms with Crippen LogP contribution in [-0.2, 0) is 83.6 Å². The molecule has 7 aromatic rings. The molecule has 4 N–H and O–H groups in total. The number of esters is 2. The van der Waals surface area contributed by atoms with Crippen molar-refractivity contribution in [2.24, 2.45) is 0 Å². The number of ether oxygens (including phenoxy) is 6. The maximum Gasteiger partial charge on any atom is 0.408 e. The second-order valence-corrected chi connectivity index (χ2v) is 35.4. The molecule has 0 aliphatic heterocycles. The van der Waals surface area contributed by atoms with E-state index in [1.165, 1.54) is 0 Å². The summed E-state index contributed by atoms with van der Waals surface area (Å²) in [4.78, 5) is 70.4. The number of rotatable bonds is 32. The number of alkyl carbamates (subject to hydrolysis) is 2. The molecule has 7 rings (SSSR count). The number of hydrogen-bond acceptors (Lipinski definition) is 13. The van der Waals surface area contributed by atoms with Crippen LogP contribution in [-0.4, -0.2) is 90.9 Å². The van der Waals surface area contributed by atoms with Gasteiger partial charge in [0.25, 0.3) is 0 Å². The van der Waals surface area contributed by atoms with Crippen LogP contribution in [0.1, 0.15) is 66.1 Å². The van der Waals surface area contributed by atoms with Crippen LogP contribution in [0.25, 0.3) is 11.1 Å². The molecule has 0 fully saturated rings. The van der Waals surface area contributed by atoms with Crippen molar-refractivity contribution in [3.8, 4) is 22.6 Å². The summed E-state index contributed by atoms with van der Waals surface area (Å²) >= 11 is 0. The van der Waals surface area contributed by atoms with Crippen LogP contribution in [0.2, 0.25) is 43.8 Å². The van der Waals surface area contributed by atoms with Gasteiger partial charge < -0.3 is 54.1 Å². The summed E-state index contributed by atoms with van der Waals surface area (Å²) in [5.41, 5.74) is 6.78. The molecule has 0 unspecified atom stereocenters. The van der Waals surface area contributed by atoms with Gasteiger partial charge in [-0.05, 0) is 112 Å². The molecule has 3 amide bonds. The highest BCUT2D eigenvalue weighted by Crippen LogP contribution is 2.38. The molecule has 16 nitrogen and oxygen atoms in total. The average Bonchev–Trinajstić information content (AvgIpc) is 1.09. The zero-order valence-electron chi connectivity index (χ0n) is 53.4. The minimum Gasteiger partial charge on any atom is -0.489 e. The molecule has 7 aromatic carbocycles. The smallest absolute Gasteiger partial charge is 0.408 e. The van der Waals surface area contributed by atoms with E-state index in [4.69, 9.17) is 32.8 Å². The van der Waals surface area contributed by atoms with Gasteiger partial charge in [0, 0.05) is 27.5 Å². The highest BCUT2D eigenvalue weighted by Gasteiger charge is 2.40. The molecule has 90 heavy (non-hydrogen) atoms. The minimum atomic E-state index is -2.49. The summed E-state index contributed by atoms with van der Waals surface area (Å²) in [5.74, 6) is -0.841. The molecule has 0 saturated heterocycles. The molecule has 0 radical (unpaired) electrons. The number of nitrogens with one attached hydrogen (secondary N) is 4. The van der Waals surface area contributed by atoms with Gasteiger partial charge in [-0.15, -0.1) is 0 Å². The molecule has 18 heteroatoms. The summed E-state index contributed by atoms with van der Waals surface area (Å²) < 4.78 is 43.1. The summed E-state index contributed by atoms with van der Waals surface area (Å²) in [6.07, 6.45) is -2.00. The average molecular weight is 1260 g/mol. The lowest BCUT2D eigenvalue weighted by atomic mass is 9.95. The molecule has 0 saturated carbocycles. The summed E-state index contributed by atoms with van der Waals surface area (Å²) in [5, 5.41) is 11.7. The van der Waals surface area contributed by atoms with Gasteiger partial charge >= 0.3 is 24.1 Å². The van der Waals surface area contributed by atoms with E-state index >= 15 is 0 Å². The van der Waals surface area contributed by atoms with Crippen molar-refractivity contribution in [3.05, 3.63) is 227 Å². The zero-order valence-corrected chi connectivity index (χ0v) is 55.4. The molecule has 0 aliphatic rings. The highest BCUT2D eigenvalue weighted by molar-refractivity contribution is 6.76. The predicted molar refractivity (Wildman–Crippen MR) is 356 cm³/mol. The summed E-state index contributed by atoms with van der Waals surface area (Å²) in [6, 6.07) is 56.1. The van der Waals surface area contributed by atoms with E-state index in [2.05, 4.69) is 74.8 Å². The van der Waals surface area contributed by atoms with Crippen molar-refractivity contribution in [3.63, 3.8) is 0 Å². The second-order valence-electron chi connectivity index (χ2n) is 25.1. The van der Waals surface area contributed by atoms with Gasteiger partial charge in [-0.3, -0.25) is 4.79 Å². The van der Waals surface area contributed by atoms with Crippen molar-refractivity contribution in [2.45, 2.75) is 141 Å². The molecular weight excluding hydrogens is 1170 g/mol. The van der Waals surface area contributed by atoms with Gasteiger partial charge in [-0.25, -0.2) is 19.2 Å². The number of carbonyl (C=O) groups is 5. The Hall–Kier alpha value is -8.56. The van der Waals surface area contributed by atoms with Crippen LogP contribution in [0, 0.1) is 0 Å². The van der Waals surface area contributed by atoms with Crippen molar-refractivity contribution >= 4 is 46.4 Å². The van der Waals surface area contributed by atoms with Gasteiger partial charge in [0.15, 0.2) is 8.32 Å². The van der Waals surface area contributed by atoms with Crippen molar-refractivity contribution in [2.75, 3.05) is 20.2 Å². The molecule has 0 spiro atoms. The first-order valence-corrected chi connectivity index (χ1v) is 37.3. The predicted octanol–water partition coefficient (Wildman–Crippen LogP) is 13.3. The zero-order chi connectivity index (χ0) is 64.5. The van der Waals surface area contributed by atoms with Crippen LogP contribution in [0.15, 0.2) is 188 Å². The Kier molecular flexibility index (Phi) is 25.9. The van der Waals surface area contributed by atoms with Gasteiger partial charge in [0.2, 0.25) is 5.91 Å². The van der Waals surface area contributed by atoms with Gasteiger partial charge in [-0.2, -0.15) is 0 Å². The van der Waals surface area contributed by atoms with Crippen LogP contribution < -0.4 is 30.7 Å². The lowest BCUT2D eigenvalue weighted by molar-refractivity contribution is -0.149. The molecule has 476 valence electrons. The standard InChI is InChI=1S/C72H88N4O12Si2/c1-72(2,3)90(8,9)88-62(46-74-70(80)86-50-55-31-21-13-22-32-55)45-63(73-4)67(77)75-64(69(79)85-49-54-29-19-12-20-30-54)41-57-39-59(43-61(40-57)83-47-52-25-15-10-16-26-52)58-35-36-66(84-48-53-27-17-11-18-28-53)60(42-58)44-65(68(78)82-37-38-89(5,6)7)76-71(81)87-51-56-33-23-14-24-34-56/h10-36,39-40,42-43,62-65,73H,37-38,41,44-51H2,1-9H3,(H,74,80)(H,75,77)(H,76,81)/t62-,63+,64+,65+/m1/s1. The van der Waals surface area contributed by atoms with E-state index in [-0.39, 0.29) is 70.5 Å². The molecule has 0 bridgehead atoms. The number of carbonyl (C=O) groups excluding carboxylic acids is 5. The third-order valence-corrected chi connectivity index (χ3v) is 21.8.